The summed E-state index contributed by atoms with van der Waals surface area (Å²) in [4.78, 5) is 17.8. The predicted octanol–water partition coefficient (Wildman–Crippen LogP) is 3.07. The van der Waals surface area contributed by atoms with Crippen molar-refractivity contribution in [2.75, 3.05) is 6.54 Å². The number of amides is 1. The molecule has 0 aliphatic carbocycles. The summed E-state index contributed by atoms with van der Waals surface area (Å²) < 4.78 is 18.8. The standard InChI is InChI=1S/C15H15BrFN3O2/c16-11-7-10(4-5-12(11)17)8-13-18-14(22-19-13)9-20-6-2-1-3-15(20)21/h4-5,7H,1-3,6,8-9H2. The molecule has 2 heterocycles. The van der Waals surface area contributed by atoms with Gasteiger partial charge >= 0.3 is 0 Å². The highest BCUT2D eigenvalue weighted by atomic mass is 79.9. The van der Waals surface area contributed by atoms with Crippen molar-refractivity contribution in [1.82, 2.24) is 15.0 Å². The number of nitrogens with zero attached hydrogens (tertiary/aromatic N) is 3. The first-order valence-electron chi connectivity index (χ1n) is 7.15. The number of halogens is 2. The molecule has 0 atom stereocenters. The smallest absolute Gasteiger partial charge is 0.246 e. The van der Waals surface area contributed by atoms with Crippen LogP contribution in [0.1, 0.15) is 36.5 Å². The van der Waals surface area contributed by atoms with Crippen molar-refractivity contribution in [2.45, 2.75) is 32.2 Å². The Kier molecular flexibility index (Phi) is 4.52. The summed E-state index contributed by atoms with van der Waals surface area (Å²) in [5, 5.41) is 3.92. The van der Waals surface area contributed by atoms with Crippen molar-refractivity contribution in [1.29, 1.82) is 0 Å². The van der Waals surface area contributed by atoms with Gasteiger partial charge in [-0.05, 0) is 46.5 Å². The van der Waals surface area contributed by atoms with E-state index in [2.05, 4.69) is 26.1 Å². The fraction of sp³-hybridized carbons (Fsp3) is 0.400. The molecule has 3 rings (SSSR count). The Hall–Kier alpha value is -1.76. The lowest BCUT2D eigenvalue weighted by Gasteiger charge is -2.24. The summed E-state index contributed by atoms with van der Waals surface area (Å²) in [6.07, 6.45) is 3.00. The predicted molar refractivity (Wildman–Crippen MR) is 80.5 cm³/mol. The first-order chi connectivity index (χ1) is 10.6. The minimum Gasteiger partial charge on any atom is -0.337 e. The van der Waals surface area contributed by atoms with Gasteiger partial charge in [-0.2, -0.15) is 4.98 Å². The Morgan fingerprint density at radius 3 is 3.00 bits per heavy atom. The highest BCUT2D eigenvalue weighted by molar-refractivity contribution is 9.10. The first-order valence-corrected chi connectivity index (χ1v) is 7.94. The maximum Gasteiger partial charge on any atom is 0.246 e. The van der Waals surface area contributed by atoms with Crippen molar-refractivity contribution in [3.63, 3.8) is 0 Å². The molecule has 1 aliphatic heterocycles. The van der Waals surface area contributed by atoms with Crippen LogP contribution in [0, 0.1) is 5.82 Å². The molecule has 1 aromatic carbocycles. The van der Waals surface area contributed by atoms with E-state index in [-0.39, 0.29) is 11.7 Å². The molecule has 7 heteroatoms. The second-order valence-electron chi connectivity index (χ2n) is 5.30. The molecule has 2 aromatic rings. The van der Waals surface area contributed by atoms with Crippen molar-refractivity contribution >= 4 is 21.8 Å². The maximum atomic E-state index is 13.2. The summed E-state index contributed by atoms with van der Waals surface area (Å²) in [5.74, 6) is 0.791. The second kappa shape index (κ2) is 6.56. The van der Waals surface area contributed by atoms with Gasteiger partial charge in [-0.3, -0.25) is 4.79 Å². The van der Waals surface area contributed by atoms with E-state index in [1.54, 1.807) is 17.0 Å². The van der Waals surface area contributed by atoms with E-state index in [0.717, 1.165) is 24.9 Å². The molecular formula is C15H15BrFN3O2. The molecular weight excluding hydrogens is 353 g/mol. The van der Waals surface area contributed by atoms with Gasteiger partial charge < -0.3 is 9.42 Å². The van der Waals surface area contributed by atoms with Crippen LogP contribution < -0.4 is 0 Å². The second-order valence-corrected chi connectivity index (χ2v) is 6.16. The molecule has 5 nitrogen and oxygen atoms in total. The van der Waals surface area contributed by atoms with Gasteiger partial charge in [-0.1, -0.05) is 11.2 Å². The third-order valence-corrected chi connectivity index (χ3v) is 4.21. The van der Waals surface area contributed by atoms with Gasteiger partial charge in [0.15, 0.2) is 5.82 Å². The summed E-state index contributed by atoms with van der Waals surface area (Å²) >= 11 is 3.15. The lowest BCUT2D eigenvalue weighted by atomic mass is 10.1. The molecule has 0 N–H and O–H groups in total. The fourth-order valence-corrected chi connectivity index (χ4v) is 2.88. The van der Waals surface area contributed by atoms with Crippen LogP contribution in [0.2, 0.25) is 0 Å². The monoisotopic (exact) mass is 367 g/mol. The van der Waals surface area contributed by atoms with E-state index in [1.807, 2.05) is 0 Å². The van der Waals surface area contributed by atoms with Gasteiger partial charge in [0.1, 0.15) is 5.82 Å². The minimum absolute atomic E-state index is 0.133. The number of hydrogen-bond acceptors (Lipinski definition) is 4. The van der Waals surface area contributed by atoms with Gasteiger partial charge in [0, 0.05) is 19.4 Å². The third-order valence-electron chi connectivity index (χ3n) is 3.60. The summed E-state index contributed by atoms with van der Waals surface area (Å²) in [6.45, 7) is 1.10. The van der Waals surface area contributed by atoms with Crippen molar-refractivity contribution in [3.05, 3.63) is 45.8 Å². The van der Waals surface area contributed by atoms with Gasteiger partial charge in [0.2, 0.25) is 11.8 Å². The Bertz CT molecular complexity index is 689. The molecule has 1 fully saturated rings. The number of aromatic nitrogens is 2. The maximum absolute atomic E-state index is 13.2. The van der Waals surface area contributed by atoms with Crippen LogP contribution in [0.3, 0.4) is 0 Å². The van der Waals surface area contributed by atoms with Crippen LogP contribution in [0.25, 0.3) is 0 Å². The Morgan fingerprint density at radius 1 is 1.36 bits per heavy atom. The molecule has 0 unspecified atom stereocenters. The normalized spacial score (nSPS) is 15.4. The van der Waals surface area contributed by atoms with Gasteiger partial charge in [-0.15, -0.1) is 0 Å². The van der Waals surface area contributed by atoms with Gasteiger partial charge in [-0.25, -0.2) is 4.39 Å². The largest absolute Gasteiger partial charge is 0.337 e. The highest BCUT2D eigenvalue weighted by Gasteiger charge is 2.20. The average molecular weight is 368 g/mol. The van der Waals surface area contributed by atoms with E-state index < -0.39 is 0 Å². The van der Waals surface area contributed by atoms with Crippen molar-refractivity contribution in [2.24, 2.45) is 0 Å². The summed E-state index contributed by atoms with van der Waals surface area (Å²) in [5.41, 5.74) is 0.884. The zero-order valence-corrected chi connectivity index (χ0v) is 13.5. The van der Waals surface area contributed by atoms with E-state index in [0.29, 0.717) is 35.6 Å². The molecule has 116 valence electrons. The Labute approximate surface area is 135 Å². The molecule has 1 aromatic heterocycles. The number of hydrogen-bond donors (Lipinski definition) is 0. The lowest BCUT2D eigenvalue weighted by Crippen LogP contribution is -2.34. The quantitative estimate of drug-likeness (QED) is 0.832. The Balaban J connectivity index is 1.65. The van der Waals surface area contributed by atoms with Crippen LogP contribution >= 0.6 is 15.9 Å². The molecule has 0 radical (unpaired) electrons. The van der Waals surface area contributed by atoms with Crippen LogP contribution in [-0.4, -0.2) is 27.5 Å². The first kappa shape index (κ1) is 15.1. The van der Waals surface area contributed by atoms with E-state index in [1.165, 1.54) is 6.07 Å². The zero-order valence-electron chi connectivity index (χ0n) is 11.9. The van der Waals surface area contributed by atoms with E-state index in [9.17, 15) is 9.18 Å². The lowest BCUT2D eigenvalue weighted by molar-refractivity contribution is -0.134. The molecule has 0 bridgehead atoms. The minimum atomic E-state index is -0.304. The van der Waals surface area contributed by atoms with Crippen LogP contribution in [-0.2, 0) is 17.8 Å². The van der Waals surface area contributed by atoms with Crippen molar-refractivity contribution < 1.29 is 13.7 Å². The highest BCUT2D eigenvalue weighted by Crippen LogP contribution is 2.19. The molecule has 22 heavy (non-hydrogen) atoms. The third kappa shape index (κ3) is 3.52. The topological polar surface area (TPSA) is 59.2 Å². The number of piperidine rings is 1. The number of rotatable bonds is 4. The average Bonchev–Trinajstić information content (AvgIpc) is 2.93. The molecule has 1 saturated heterocycles. The van der Waals surface area contributed by atoms with Crippen molar-refractivity contribution in [3.8, 4) is 0 Å². The molecule has 0 spiro atoms. The summed E-state index contributed by atoms with van der Waals surface area (Å²) in [7, 11) is 0. The van der Waals surface area contributed by atoms with E-state index in [4.69, 9.17) is 4.52 Å². The number of benzene rings is 1. The number of likely N-dealkylation sites (tertiary alicyclic amines) is 1. The van der Waals surface area contributed by atoms with Gasteiger partial charge in [0.05, 0.1) is 11.0 Å². The van der Waals surface area contributed by atoms with Crippen LogP contribution in [0.15, 0.2) is 27.2 Å². The van der Waals surface area contributed by atoms with Crippen LogP contribution in [0.4, 0.5) is 4.39 Å². The Morgan fingerprint density at radius 2 is 2.23 bits per heavy atom. The zero-order chi connectivity index (χ0) is 15.5. The number of carbonyl (C=O) groups is 1. The molecule has 1 amide bonds. The van der Waals surface area contributed by atoms with Crippen LogP contribution in [0.5, 0.6) is 0 Å². The molecule has 1 aliphatic rings. The van der Waals surface area contributed by atoms with E-state index >= 15 is 0 Å². The fourth-order valence-electron chi connectivity index (χ4n) is 2.45. The number of carbonyl (C=O) groups excluding carboxylic acids is 1. The molecule has 0 saturated carbocycles. The summed E-state index contributed by atoms with van der Waals surface area (Å²) in [6, 6.07) is 4.77. The SMILES string of the molecule is O=C1CCCCN1Cc1nc(Cc2ccc(F)c(Br)c2)no1. The van der Waals surface area contributed by atoms with Gasteiger partial charge in [0.25, 0.3) is 0 Å².